The molecule has 0 amide bonds. The third-order valence-electron chi connectivity index (χ3n) is 12.9. The topological polar surface area (TPSA) is 126 Å². The second kappa shape index (κ2) is 25.3. The lowest BCUT2D eigenvalue weighted by Crippen LogP contribution is -2.31. The number of aldehydes is 1. The van der Waals surface area contributed by atoms with Crippen LogP contribution < -0.4 is 20.5 Å². The molecule has 69 heavy (non-hydrogen) atoms. The number of hydrogen-bond donors (Lipinski definition) is 2. The monoisotopic (exact) mass is 975 g/mol. The highest BCUT2D eigenvalue weighted by Crippen LogP contribution is 2.46. The van der Waals surface area contributed by atoms with Gasteiger partial charge in [-0.25, -0.2) is 0 Å². The second-order valence-corrected chi connectivity index (χ2v) is 20.0. The number of ether oxygens (including phenoxy) is 4. The van der Waals surface area contributed by atoms with Crippen LogP contribution >= 0.6 is 0 Å². The van der Waals surface area contributed by atoms with Gasteiger partial charge in [-0.05, 0) is 139 Å². The molecule has 2 saturated carbocycles. The zero-order chi connectivity index (χ0) is 51.2. The lowest BCUT2D eigenvalue weighted by Gasteiger charge is -2.37. The third-order valence-corrected chi connectivity index (χ3v) is 12.9. The van der Waals surface area contributed by atoms with Crippen LogP contribution in [0.1, 0.15) is 147 Å². The Morgan fingerprint density at radius 1 is 0.623 bits per heavy atom. The van der Waals surface area contributed by atoms with Gasteiger partial charge >= 0.3 is 24.3 Å². The minimum atomic E-state index is -4.53. The van der Waals surface area contributed by atoms with Gasteiger partial charge in [0.15, 0.2) is 0 Å². The summed E-state index contributed by atoms with van der Waals surface area (Å²) in [6, 6.07) is 15.3. The van der Waals surface area contributed by atoms with E-state index in [4.69, 9.17) is 19.9 Å². The summed E-state index contributed by atoms with van der Waals surface area (Å²) in [5.41, 5.74) is 5.21. The molecule has 382 valence electrons. The summed E-state index contributed by atoms with van der Waals surface area (Å²) >= 11 is 0. The first-order valence-corrected chi connectivity index (χ1v) is 24.2. The molecule has 4 aromatic carbocycles. The highest BCUT2D eigenvalue weighted by molar-refractivity contribution is 5.93. The lowest BCUT2D eigenvalue weighted by atomic mass is 9.72. The highest BCUT2D eigenvalue weighted by Gasteiger charge is 2.40. The Labute approximate surface area is 403 Å². The summed E-state index contributed by atoms with van der Waals surface area (Å²) in [5, 5.41) is 4.24. The number of fused-ring (bicyclic) bond motifs is 2. The molecule has 0 unspecified atom stereocenters. The number of rotatable bonds is 14. The molecule has 0 heterocycles. The van der Waals surface area contributed by atoms with E-state index in [2.05, 4.69) is 51.6 Å². The zero-order valence-corrected chi connectivity index (χ0v) is 41.5. The largest absolute Gasteiger partial charge is 0.490 e. The number of esters is 2. The van der Waals surface area contributed by atoms with Gasteiger partial charge in [0.1, 0.15) is 28.9 Å². The minimum absolute atomic E-state index is 0.0639. The predicted octanol–water partition coefficient (Wildman–Crippen LogP) is 13.4. The van der Waals surface area contributed by atoms with Gasteiger partial charge in [-0.2, -0.15) is 26.3 Å². The van der Waals surface area contributed by atoms with E-state index in [1.165, 1.54) is 36.4 Å². The van der Waals surface area contributed by atoms with Gasteiger partial charge in [-0.15, -0.1) is 0 Å². The normalized spacial score (nSPS) is 18.8. The molecular formula is C54H72F6N2O7. The Kier molecular flexibility index (Phi) is 20.8. The number of alkyl halides is 6. The smallest absolute Gasteiger partial charge is 0.420 e. The number of halogens is 6. The van der Waals surface area contributed by atoms with E-state index in [-0.39, 0.29) is 63.7 Å². The van der Waals surface area contributed by atoms with Crippen molar-refractivity contribution < 1.29 is 59.7 Å². The van der Waals surface area contributed by atoms with E-state index in [9.17, 15) is 40.7 Å². The van der Waals surface area contributed by atoms with Crippen LogP contribution in [0.5, 0.6) is 11.5 Å². The summed E-state index contributed by atoms with van der Waals surface area (Å²) in [7, 11) is 0. The minimum Gasteiger partial charge on any atom is -0.490 e. The van der Waals surface area contributed by atoms with Gasteiger partial charge in [0.2, 0.25) is 0 Å². The van der Waals surface area contributed by atoms with Crippen molar-refractivity contribution in [2.24, 2.45) is 28.4 Å². The molecule has 4 aromatic rings. The van der Waals surface area contributed by atoms with Crippen LogP contribution in [0.25, 0.3) is 21.5 Å². The molecule has 9 nitrogen and oxygen atoms in total. The summed E-state index contributed by atoms with van der Waals surface area (Å²) in [5.74, 6) is 0.443. The first kappa shape index (κ1) is 56.7. The quantitative estimate of drug-likeness (QED) is 0.0550. The summed E-state index contributed by atoms with van der Waals surface area (Å²) in [4.78, 5) is 32.7. The molecule has 3 N–H and O–H groups in total. The van der Waals surface area contributed by atoms with Crippen LogP contribution in [0.3, 0.4) is 0 Å². The van der Waals surface area contributed by atoms with Gasteiger partial charge in [0, 0.05) is 25.2 Å². The average molecular weight is 975 g/mol. The maximum Gasteiger partial charge on any atom is 0.420 e. The summed E-state index contributed by atoms with van der Waals surface area (Å²) in [6.45, 7) is 18.8. The molecule has 0 atom stereocenters. The van der Waals surface area contributed by atoms with Gasteiger partial charge in [0.25, 0.3) is 0 Å². The zero-order valence-electron chi connectivity index (χ0n) is 41.5. The Balaban J connectivity index is 0.000000264. The number of nitrogens with one attached hydrogen (secondary N) is 1. The van der Waals surface area contributed by atoms with Crippen LogP contribution in [0.2, 0.25) is 0 Å². The van der Waals surface area contributed by atoms with Gasteiger partial charge in [-0.1, -0.05) is 77.9 Å². The van der Waals surface area contributed by atoms with Crippen LogP contribution in [0, 0.1) is 22.7 Å². The fourth-order valence-corrected chi connectivity index (χ4v) is 9.11. The molecule has 0 spiro atoms. The SMILES string of the molecule is CC(C)(C)C1CCC(Oc2ccc3cc(C=O)ccc3c2C(F)(F)F)CC1.CCOC(=O)CCN.CCOC(=O)CCNCc1ccc2c(C(F)(F)F)c(OC3CCC(C(C)(C)C)CC3)ccc2c1. The number of nitrogens with two attached hydrogens (primary N) is 1. The van der Waals surface area contributed by atoms with E-state index in [1.54, 1.807) is 38.1 Å². The maximum absolute atomic E-state index is 14.1. The van der Waals surface area contributed by atoms with Crippen molar-refractivity contribution >= 4 is 39.8 Å². The van der Waals surface area contributed by atoms with Crippen LogP contribution in [-0.2, 0) is 38.0 Å². The van der Waals surface area contributed by atoms with Crippen molar-refractivity contribution in [2.45, 2.75) is 151 Å². The Morgan fingerprint density at radius 3 is 1.46 bits per heavy atom. The number of benzene rings is 4. The molecule has 0 saturated heterocycles. The number of carbonyl (C=O) groups is 3. The molecule has 6 rings (SSSR count). The Hall–Kier alpha value is -4.89. The second-order valence-electron chi connectivity index (χ2n) is 20.0. The van der Waals surface area contributed by atoms with Crippen LogP contribution in [0.4, 0.5) is 26.3 Å². The molecule has 0 radical (unpaired) electrons. The summed E-state index contributed by atoms with van der Waals surface area (Å²) in [6.07, 6.45) is -1.29. The highest BCUT2D eigenvalue weighted by atomic mass is 19.4. The lowest BCUT2D eigenvalue weighted by molar-refractivity contribution is -0.143. The van der Waals surface area contributed by atoms with Crippen molar-refractivity contribution in [2.75, 3.05) is 26.3 Å². The average Bonchev–Trinajstić information content (AvgIpc) is 3.27. The van der Waals surface area contributed by atoms with E-state index >= 15 is 0 Å². The first-order chi connectivity index (χ1) is 32.4. The van der Waals surface area contributed by atoms with Crippen molar-refractivity contribution in [1.82, 2.24) is 5.32 Å². The van der Waals surface area contributed by atoms with E-state index in [1.807, 2.05) is 0 Å². The molecule has 2 aliphatic carbocycles. The molecular weight excluding hydrogens is 903 g/mol. The van der Waals surface area contributed by atoms with Crippen molar-refractivity contribution in [1.29, 1.82) is 0 Å². The molecule has 2 fully saturated rings. The van der Waals surface area contributed by atoms with Crippen molar-refractivity contribution in [3.8, 4) is 11.5 Å². The third kappa shape index (κ3) is 17.2. The van der Waals surface area contributed by atoms with E-state index in [0.717, 1.165) is 56.9 Å². The van der Waals surface area contributed by atoms with Crippen molar-refractivity contribution in [3.63, 3.8) is 0 Å². The van der Waals surface area contributed by atoms with Crippen LogP contribution in [-0.4, -0.2) is 56.7 Å². The van der Waals surface area contributed by atoms with Crippen molar-refractivity contribution in [3.05, 3.63) is 82.9 Å². The predicted molar refractivity (Wildman–Crippen MR) is 258 cm³/mol. The fourth-order valence-electron chi connectivity index (χ4n) is 9.11. The Bertz CT molecular complexity index is 2280. The van der Waals surface area contributed by atoms with Gasteiger partial charge in [-0.3, -0.25) is 14.4 Å². The molecule has 0 aromatic heterocycles. The summed E-state index contributed by atoms with van der Waals surface area (Å²) < 4.78 is 105. The number of hydrogen-bond acceptors (Lipinski definition) is 9. The standard InChI is InChI=1S/C27H36F3NO3.C22H25F3O2.C5H11NO2/c1-5-33-24(32)14-15-31-17-18-6-12-22-19(16-18)7-13-23(25(22)27(28,29)30)34-21-10-8-20(9-11-21)26(2,3)4;1-21(2,3)16-6-8-17(9-7-16)27-19-11-5-15-12-14(13-26)4-10-18(15)20(19)22(23,24)25;1-2-8-5(7)3-4-6/h6-7,12-13,16,20-21,31H,5,8-11,14-15,17H2,1-4H3;4-5,10-13,16-17H,6-9H2,1-3H3;2-4,6H2,1H3. The molecule has 15 heteroatoms. The maximum atomic E-state index is 14.1. The fraction of sp³-hybridized carbons (Fsp3) is 0.574. The number of carbonyl (C=O) groups excluding carboxylic acids is 3. The van der Waals surface area contributed by atoms with Gasteiger partial charge < -0.3 is 30.0 Å². The van der Waals surface area contributed by atoms with Crippen LogP contribution in [0.15, 0.2) is 60.7 Å². The molecule has 2 aliphatic rings. The molecule has 0 bridgehead atoms. The first-order valence-electron chi connectivity index (χ1n) is 24.2. The van der Waals surface area contributed by atoms with Gasteiger partial charge in [0.05, 0.1) is 38.3 Å². The Morgan fingerprint density at radius 2 is 1.06 bits per heavy atom. The molecule has 0 aliphatic heterocycles. The van der Waals surface area contributed by atoms with E-state index < -0.39 is 23.5 Å². The van der Waals surface area contributed by atoms with E-state index in [0.29, 0.717) is 73.7 Å².